The Balaban J connectivity index is 0.000000403. The molecule has 0 atom stereocenters. The predicted molar refractivity (Wildman–Crippen MR) is 74.5 cm³/mol. The summed E-state index contributed by atoms with van der Waals surface area (Å²) in [6.07, 6.45) is 0. The fourth-order valence-corrected chi connectivity index (χ4v) is 1.43. The molecule has 0 aliphatic carbocycles. The number of carboxylic acids is 2. The SMILES string of the molecule is Nc1ccc(C(=O)O)c([O-])c1.Nc1ccc(C(=O)O)c([O-])c1.[Cu]. The van der Waals surface area contributed by atoms with Gasteiger partial charge in [0.25, 0.3) is 0 Å². The molecule has 9 heteroatoms. The number of aromatic carboxylic acids is 2. The molecular weight excluding hydrogens is 356 g/mol. The molecule has 0 saturated carbocycles. The molecule has 0 aromatic heterocycles. The van der Waals surface area contributed by atoms with Gasteiger partial charge in [-0.25, -0.2) is 9.59 Å². The first-order valence-electron chi connectivity index (χ1n) is 5.82. The molecule has 0 aliphatic heterocycles. The molecule has 23 heavy (non-hydrogen) atoms. The Morgan fingerprint density at radius 2 is 1.09 bits per heavy atom. The zero-order chi connectivity index (χ0) is 16.9. The number of benzene rings is 2. The summed E-state index contributed by atoms with van der Waals surface area (Å²) >= 11 is 0. The molecule has 0 spiro atoms. The van der Waals surface area contributed by atoms with Crippen molar-refractivity contribution < 1.29 is 47.1 Å². The number of nitrogens with two attached hydrogens (primary N) is 2. The summed E-state index contributed by atoms with van der Waals surface area (Å²) in [6, 6.07) is 7.32. The van der Waals surface area contributed by atoms with Gasteiger partial charge in [0.15, 0.2) is 0 Å². The molecule has 0 amide bonds. The van der Waals surface area contributed by atoms with Gasteiger partial charge in [-0.15, -0.1) is 0 Å². The van der Waals surface area contributed by atoms with E-state index in [0.717, 1.165) is 12.1 Å². The summed E-state index contributed by atoms with van der Waals surface area (Å²) in [5, 5.41) is 38.5. The van der Waals surface area contributed by atoms with Crippen LogP contribution in [0.3, 0.4) is 0 Å². The van der Waals surface area contributed by atoms with E-state index in [0.29, 0.717) is 0 Å². The summed E-state index contributed by atoms with van der Waals surface area (Å²) in [5.41, 5.74) is 10.5. The number of carbonyl (C=O) groups is 2. The van der Waals surface area contributed by atoms with Gasteiger partial charge in [-0.1, -0.05) is 11.5 Å². The maximum atomic E-state index is 10.8. The molecule has 0 bridgehead atoms. The maximum absolute atomic E-state index is 10.8. The summed E-state index contributed by atoms with van der Waals surface area (Å²) in [5.74, 6) is -3.57. The van der Waals surface area contributed by atoms with Crippen molar-refractivity contribution in [2.45, 2.75) is 0 Å². The number of carboxylic acid groups (broad SMARTS) is 2. The fraction of sp³-hybridized carbons (Fsp3) is 0. The predicted octanol–water partition coefficient (Wildman–Crippen LogP) is 0.0787. The average Bonchev–Trinajstić information content (AvgIpc) is 2.38. The summed E-state index contributed by atoms with van der Waals surface area (Å²) in [7, 11) is 0. The molecule has 0 saturated heterocycles. The van der Waals surface area contributed by atoms with Crippen molar-refractivity contribution >= 4 is 23.3 Å². The minimum absolute atomic E-state index is 0. The molecule has 2 aromatic carbocycles. The molecule has 6 N–H and O–H groups in total. The number of rotatable bonds is 2. The Kier molecular flexibility index (Phi) is 7.45. The third-order valence-electron chi connectivity index (χ3n) is 2.47. The van der Waals surface area contributed by atoms with Crippen LogP contribution in [0, 0.1) is 0 Å². The van der Waals surface area contributed by atoms with Crippen molar-refractivity contribution in [3.05, 3.63) is 47.5 Å². The van der Waals surface area contributed by atoms with Crippen molar-refractivity contribution in [3.63, 3.8) is 0 Å². The molecule has 0 heterocycles. The van der Waals surface area contributed by atoms with E-state index < -0.39 is 23.4 Å². The van der Waals surface area contributed by atoms with Gasteiger partial charge in [-0.05, 0) is 36.4 Å². The topological polar surface area (TPSA) is 173 Å². The average molecular weight is 368 g/mol. The van der Waals surface area contributed by atoms with E-state index in [-0.39, 0.29) is 39.6 Å². The van der Waals surface area contributed by atoms with Gasteiger partial charge in [0.05, 0.1) is 11.1 Å². The molecule has 2 rings (SSSR count). The Labute approximate surface area is 141 Å². The second kappa shape index (κ2) is 8.52. The van der Waals surface area contributed by atoms with E-state index in [4.69, 9.17) is 21.7 Å². The molecular formula is C14H12CuN2O6-2. The number of hydrogen-bond acceptors (Lipinski definition) is 6. The van der Waals surface area contributed by atoms with E-state index in [9.17, 15) is 19.8 Å². The molecule has 0 aliphatic rings. The Morgan fingerprint density at radius 1 is 0.783 bits per heavy atom. The van der Waals surface area contributed by atoms with Gasteiger partial charge in [0, 0.05) is 28.4 Å². The smallest absolute Gasteiger partial charge is 0.335 e. The minimum atomic E-state index is -1.23. The Morgan fingerprint density at radius 3 is 1.30 bits per heavy atom. The van der Waals surface area contributed by atoms with Gasteiger partial charge in [0.2, 0.25) is 0 Å². The molecule has 0 unspecified atom stereocenters. The monoisotopic (exact) mass is 367 g/mol. The molecule has 8 nitrogen and oxygen atoms in total. The molecule has 2 aromatic rings. The number of anilines is 2. The number of nitrogen functional groups attached to an aromatic ring is 2. The van der Waals surface area contributed by atoms with Gasteiger partial charge < -0.3 is 31.9 Å². The molecule has 127 valence electrons. The number of hydrogen-bond donors (Lipinski definition) is 4. The van der Waals surface area contributed by atoms with Crippen LogP contribution < -0.4 is 21.7 Å². The van der Waals surface area contributed by atoms with Crippen molar-refractivity contribution in [1.29, 1.82) is 0 Å². The molecule has 1 radical (unpaired) electrons. The van der Waals surface area contributed by atoms with E-state index >= 15 is 0 Å². The molecule has 0 fully saturated rings. The van der Waals surface area contributed by atoms with E-state index in [1.54, 1.807) is 0 Å². The maximum Gasteiger partial charge on any atom is 0.335 e. The van der Waals surface area contributed by atoms with Crippen LogP contribution >= 0.6 is 0 Å². The quantitative estimate of drug-likeness (QED) is 0.426. The van der Waals surface area contributed by atoms with Gasteiger partial charge >= 0.3 is 11.9 Å². The van der Waals surface area contributed by atoms with Crippen molar-refractivity contribution in [2.75, 3.05) is 11.5 Å². The second-order valence-corrected chi connectivity index (χ2v) is 4.12. The van der Waals surface area contributed by atoms with Crippen LogP contribution in [0.4, 0.5) is 11.4 Å². The van der Waals surface area contributed by atoms with Gasteiger partial charge in [-0.3, -0.25) is 0 Å². The first-order chi connectivity index (χ1) is 10.2. The van der Waals surface area contributed by atoms with Crippen molar-refractivity contribution in [2.24, 2.45) is 0 Å². The van der Waals surface area contributed by atoms with Crippen LogP contribution in [-0.2, 0) is 17.1 Å². The van der Waals surface area contributed by atoms with Crippen LogP contribution in [0.15, 0.2) is 36.4 Å². The standard InChI is InChI=1S/2C7H7NO3.Cu/c2*8-4-1-2-5(7(10)11)6(9)3-4;/h2*1-3,9H,8H2,(H,10,11);/p-2. The van der Waals surface area contributed by atoms with Gasteiger partial charge in [-0.2, -0.15) is 0 Å². The van der Waals surface area contributed by atoms with E-state index in [2.05, 4.69) is 0 Å². The zero-order valence-corrected chi connectivity index (χ0v) is 12.4. The largest absolute Gasteiger partial charge is 0.872 e. The summed E-state index contributed by atoms with van der Waals surface area (Å²) in [6.45, 7) is 0. The van der Waals surface area contributed by atoms with Crippen LogP contribution in [0.5, 0.6) is 11.5 Å². The van der Waals surface area contributed by atoms with Crippen molar-refractivity contribution in [1.82, 2.24) is 0 Å². The first-order valence-corrected chi connectivity index (χ1v) is 5.82. The van der Waals surface area contributed by atoms with Crippen LogP contribution in [0.2, 0.25) is 0 Å². The van der Waals surface area contributed by atoms with Crippen molar-refractivity contribution in [3.8, 4) is 11.5 Å². The summed E-state index contributed by atoms with van der Waals surface area (Å²) < 4.78 is 0. The van der Waals surface area contributed by atoms with Crippen LogP contribution in [0.1, 0.15) is 20.7 Å². The Bertz CT molecular complexity index is 659. The van der Waals surface area contributed by atoms with E-state index in [1.807, 2.05) is 0 Å². The second-order valence-electron chi connectivity index (χ2n) is 4.12. The van der Waals surface area contributed by atoms with Gasteiger partial charge in [0.1, 0.15) is 0 Å². The van der Waals surface area contributed by atoms with Crippen LogP contribution in [-0.4, -0.2) is 22.2 Å². The van der Waals surface area contributed by atoms with E-state index in [1.165, 1.54) is 24.3 Å². The zero-order valence-electron chi connectivity index (χ0n) is 11.4. The summed E-state index contributed by atoms with van der Waals surface area (Å²) in [4.78, 5) is 20.6. The third-order valence-corrected chi connectivity index (χ3v) is 2.47. The Hall–Kier alpha value is -2.90. The third kappa shape index (κ3) is 5.77. The fourth-order valence-electron chi connectivity index (χ4n) is 1.43. The van der Waals surface area contributed by atoms with Crippen LogP contribution in [0.25, 0.3) is 0 Å². The first kappa shape index (κ1) is 20.1. The normalized spacial score (nSPS) is 9.04. The minimum Gasteiger partial charge on any atom is -0.872 e.